The van der Waals surface area contributed by atoms with Crippen LogP contribution in [0, 0.1) is 0 Å². The molecule has 1 aliphatic rings. The maximum Gasteiger partial charge on any atom is 0.0794 e. The summed E-state index contributed by atoms with van der Waals surface area (Å²) in [5.41, 5.74) is 2.10. The van der Waals surface area contributed by atoms with Gasteiger partial charge in [-0.2, -0.15) is 5.10 Å². The maximum absolute atomic E-state index is 8.73. The summed E-state index contributed by atoms with van der Waals surface area (Å²) in [5.74, 6) is 0. The second kappa shape index (κ2) is 3.89. The van der Waals surface area contributed by atoms with Crippen LogP contribution in [0.15, 0.2) is 6.07 Å². The predicted molar refractivity (Wildman–Crippen MR) is 49.4 cm³/mol. The first-order valence-corrected chi connectivity index (χ1v) is 4.78. The Labute approximate surface area is 77.4 Å². The van der Waals surface area contributed by atoms with Crippen LogP contribution in [0.25, 0.3) is 0 Å². The van der Waals surface area contributed by atoms with Gasteiger partial charge in [-0.15, -0.1) is 0 Å². The highest BCUT2D eigenvalue weighted by Gasteiger charge is 2.18. The normalized spacial score (nSPS) is 22.4. The largest absolute Gasteiger partial charge is 0.396 e. The number of aliphatic hydroxyl groups excluding tert-OH is 1. The minimum atomic E-state index is 0.180. The summed E-state index contributed by atoms with van der Waals surface area (Å²) in [5, 5.41) is 19.3. The van der Waals surface area contributed by atoms with E-state index in [1.807, 2.05) is 6.07 Å². The van der Waals surface area contributed by atoms with E-state index in [9.17, 15) is 0 Å². The highest BCUT2D eigenvalue weighted by molar-refractivity contribution is 5.13. The molecule has 72 valence electrons. The first-order chi connectivity index (χ1) is 6.40. The number of aliphatic hydroxyl groups is 1. The third-order valence-electron chi connectivity index (χ3n) is 2.45. The molecule has 0 aromatic carbocycles. The zero-order valence-corrected chi connectivity index (χ0v) is 7.58. The number of nitrogens with one attached hydrogen (secondary N) is 2. The Balaban J connectivity index is 2.03. The molecule has 2 heterocycles. The zero-order chi connectivity index (χ0) is 9.10. The van der Waals surface area contributed by atoms with E-state index in [1.54, 1.807) is 0 Å². The second-order valence-corrected chi connectivity index (χ2v) is 3.44. The van der Waals surface area contributed by atoms with Crippen LogP contribution < -0.4 is 5.32 Å². The number of hydrogen-bond donors (Lipinski definition) is 3. The highest BCUT2D eigenvalue weighted by atomic mass is 16.3. The molecule has 0 radical (unpaired) electrons. The SMILES string of the molecule is OCCc1cc([C@H]2CCCN2)n[nH]1. The van der Waals surface area contributed by atoms with Crippen molar-refractivity contribution in [3.8, 4) is 0 Å². The number of H-pyrrole nitrogens is 1. The van der Waals surface area contributed by atoms with Crippen LogP contribution in [-0.4, -0.2) is 28.5 Å². The molecule has 0 unspecified atom stereocenters. The molecule has 0 aliphatic carbocycles. The first-order valence-electron chi connectivity index (χ1n) is 4.78. The van der Waals surface area contributed by atoms with Crippen LogP contribution in [0.4, 0.5) is 0 Å². The van der Waals surface area contributed by atoms with Crippen LogP contribution >= 0.6 is 0 Å². The first kappa shape index (κ1) is 8.72. The maximum atomic E-state index is 8.73. The molecule has 0 spiro atoms. The van der Waals surface area contributed by atoms with E-state index >= 15 is 0 Å². The van der Waals surface area contributed by atoms with Gasteiger partial charge in [0, 0.05) is 18.7 Å². The van der Waals surface area contributed by atoms with Crippen molar-refractivity contribution in [1.29, 1.82) is 0 Å². The summed E-state index contributed by atoms with van der Waals surface area (Å²) >= 11 is 0. The smallest absolute Gasteiger partial charge is 0.0794 e. The van der Waals surface area contributed by atoms with E-state index in [0.29, 0.717) is 12.5 Å². The van der Waals surface area contributed by atoms with Gasteiger partial charge in [0.15, 0.2) is 0 Å². The molecule has 1 aliphatic heterocycles. The Morgan fingerprint density at radius 1 is 1.62 bits per heavy atom. The Morgan fingerprint density at radius 2 is 2.54 bits per heavy atom. The fourth-order valence-corrected chi connectivity index (χ4v) is 1.74. The lowest BCUT2D eigenvalue weighted by atomic mass is 10.1. The molecule has 1 aromatic heterocycles. The lowest BCUT2D eigenvalue weighted by Gasteiger charge is -2.03. The molecule has 1 atom stereocenters. The molecular formula is C9H15N3O. The molecule has 13 heavy (non-hydrogen) atoms. The van der Waals surface area contributed by atoms with Gasteiger partial charge in [0.05, 0.1) is 11.7 Å². The molecule has 4 nitrogen and oxygen atoms in total. The Hall–Kier alpha value is -0.870. The van der Waals surface area contributed by atoms with Crippen molar-refractivity contribution in [3.63, 3.8) is 0 Å². The summed E-state index contributed by atoms with van der Waals surface area (Å²) in [6, 6.07) is 2.46. The Kier molecular flexibility index (Phi) is 2.61. The van der Waals surface area contributed by atoms with Crippen LogP contribution in [0.3, 0.4) is 0 Å². The quantitative estimate of drug-likeness (QED) is 0.631. The lowest BCUT2D eigenvalue weighted by molar-refractivity contribution is 0.298. The minimum absolute atomic E-state index is 0.180. The van der Waals surface area contributed by atoms with Gasteiger partial charge in [-0.1, -0.05) is 0 Å². The van der Waals surface area contributed by atoms with Crippen molar-refractivity contribution in [2.24, 2.45) is 0 Å². The van der Waals surface area contributed by atoms with Gasteiger partial charge in [0.1, 0.15) is 0 Å². The topological polar surface area (TPSA) is 60.9 Å². The summed E-state index contributed by atoms with van der Waals surface area (Å²) in [6.07, 6.45) is 3.07. The highest BCUT2D eigenvalue weighted by Crippen LogP contribution is 2.21. The number of aromatic amines is 1. The standard InChI is InChI=1S/C9H15N3O/c13-5-3-7-6-9(12-11-7)8-2-1-4-10-8/h6,8,10,13H,1-5H2,(H,11,12)/t8-/m1/s1. The van der Waals surface area contributed by atoms with Gasteiger partial charge in [-0.25, -0.2) is 0 Å². The average molecular weight is 181 g/mol. The van der Waals surface area contributed by atoms with Crippen molar-refractivity contribution < 1.29 is 5.11 Å². The third kappa shape index (κ3) is 1.89. The predicted octanol–water partition coefficient (Wildman–Crippen LogP) is 0.369. The van der Waals surface area contributed by atoms with Gasteiger partial charge in [0.25, 0.3) is 0 Å². The molecule has 0 amide bonds. The second-order valence-electron chi connectivity index (χ2n) is 3.44. The van der Waals surface area contributed by atoms with Gasteiger partial charge in [-0.3, -0.25) is 5.10 Å². The molecule has 4 heteroatoms. The van der Waals surface area contributed by atoms with Crippen LogP contribution in [-0.2, 0) is 6.42 Å². The van der Waals surface area contributed by atoms with Gasteiger partial charge >= 0.3 is 0 Å². The summed E-state index contributed by atoms with van der Waals surface area (Å²) in [7, 11) is 0. The number of rotatable bonds is 3. The van der Waals surface area contributed by atoms with Crippen LogP contribution in [0.5, 0.6) is 0 Å². The molecule has 1 aromatic rings. The summed E-state index contributed by atoms with van der Waals surface area (Å²) in [4.78, 5) is 0. The van der Waals surface area contributed by atoms with Crippen molar-refractivity contribution in [2.75, 3.05) is 13.2 Å². The van der Waals surface area contributed by atoms with Crippen molar-refractivity contribution in [2.45, 2.75) is 25.3 Å². The molecule has 2 rings (SSSR count). The number of aromatic nitrogens is 2. The third-order valence-corrected chi connectivity index (χ3v) is 2.45. The van der Waals surface area contributed by atoms with Gasteiger partial charge < -0.3 is 10.4 Å². The average Bonchev–Trinajstić information content (AvgIpc) is 2.70. The molecule has 1 fully saturated rings. The fraction of sp³-hybridized carbons (Fsp3) is 0.667. The fourth-order valence-electron chi connectivity index (χ4n) is 1.74. The van der Waals surface area contributed by atoms with Crippen molar-refractivity contribution >= 4 is 0 Å². The minimum Gasteiger partial charge on any atom is -0.396 e. The van der Waals surface area contributed by atoms with Gasteiger partial charge in [-0.05, 0) is 25.5 Å². The Bertz CT molecular complexity index is 266. The molecule has 0 saturated carbocycles. The van der Waals surface area contributed by atoms with Crippen LogP contribution in [0.2, 0.25) is 0 Å². The zero-order valence-electron chi connectivity index (χ0n) is 7.58. The lowest BCUT2D eigenvalue weighted by Crippen LogP contribution is -2.12. The van der Waals surface area contributed by atoms with Gasteiger partial charge in [0.2, 0.25) is 0 Å². The van der Waals surface area contributed by atoms with Crippen molar-refractivity contribution in [1.82, 2.24) is 15.5 Å². The van der Waals surface area contributed by atoms with E-state index in [2.05, 4.69) is 15.5 Å². The van der Waals surface area contributed by atoms with E-state index < -0.39 is 0 Å². The molecule has 0 bridgehead atoms. The van der Waals surface area contributed by atoms with E-state index in [1.165, 1.54) is 12.8 Å². The van der Waals surface area contributed by atoms with Crippen molar-refractivity contribution in [3.05, 3.63) is 17.5 Å². The summed E-state index contributed by atoms with van der Waals surface area (Å²) < 4.78 is 0. The monoisotopic (exact) mass is 181 g/mol. The molecule has 3 N–H and O–H groups in total. The number of nitrogens with zero attached hydrogens (tertiary/aromatic N) is 1. The summed E-state index contributed by atoms with van der Waals surface area (Å²) in [6.45, 7) is 1.27. The van der Waals surface area contributed by atoms with E-state index in [-0.39, 0.29) is 6.61 Å². The number of hydrogen-bond acceptors (Lipinski definition) is 3. The molecule has 1 saturated heterocycles. The van der Waals surface area contributed by atoms with Crippen LogP contribution in [0.1, 0.15) is 30.3 Å². The Morgan fingerprint density at radius 3 is 3.23 bits per heavy atom. The van der Waals surface area contributed by atoms with E-state index in [0.717, 1.165) is 17.9 Å². The molecular weight excluding hydrogens is 166 g/mol. The van der Waals surface area contributed by atoms with E-state index in [4.69, 9.17) is 5.11 Å².